The molecule has 1 aromatic carbocycles. The molecule has 0 bridgehead atoms. The number of carbonyl (C=O) groups is 4. The number of amides is 2. The molecule has 0 fully saturated rings. The summed E-state index contributed by atoms with van der Waals surface area (Å²) in [6.45, 7) is 1.77. The van der Waals surface area contributed by atoms with E-state index >= 15 is 4.39 Å². The molecular formula is C24H23ClFNO6S. The van der Waals surface area contributed by atoms with Crippen LogP contribution in [0, 0.1) is 5.13 Å². The molecule has 0 aliphatic heterocycles. The van der Waals surface area contributed by atoms with Crippen molar-refractivity contribution in [3.63, 3.8) is 0 Å². The topological polar surface area (TPSA) is 90.0 Å². The Morgan fingerprint density at radius 3 is 2.32 bits per heavy atom. The van der Waals surface area contributed by atoms with E-state index in [4.69, 9.17) is 16.3 Å². The minimum absolute atomic E-state index is 0.0881. The summed E-state index contributed by atoms with van der Waals surface area (Å²) in [5, 5.41) is -1.14. The molecule has 1 heterocycles. The van der Waals surface area contributed by atoms with Gasteiger partial charge in [-0.2, -0.15) is 4.39 Å². The van der Waals surface area contributed by atoms with E-state index in [0.717, 1.165) is 0 Å². The molecule has 1 aliphatic rings. The minimum Gasteiger partial charge on any atom is -0.469 e. The lowest BCUT2D eigenvalue weighted by Crippen LogP contribution is -2.40. The highest BCUT2D eigenvalue weighted by atomic mass is 35.5. The summed E-state index contributed by atoms with van der Waals surface area (Å²) in [7, 11) is 1.18. The van der Waals surface area contributed by atoms with Crippen LogP contribution < -0.4 is 4.90 Å². The molecule has 0 N–H and O–H groups in total. The molecule has 3 rings (SSSR count). The molecule has 0 saturated carbocycles. The summed E-state index contributed by atoms with van der Waals surface area (Å²) in [6, 6.07) is 7.87. The maximum atomic E-state index is 15.2. The van der Waals surface area contributed by atoms with Gasteiger partial charge >= 0.3 is 11.9 Å². The molecule has 34 heavy (non-hydrogen) atoms. The first-order chi connectivity index (χ1) is 16.3. The van der Waals surface area contributed by atoms with Gasteiger partial charge in [-0.25, -0.2) is 9.69 Å². The van der Waals surface area contributed by atoms with E-state index in [0.29, 0.717) is 35.5 Å². The molecule has 0 unspecified atom stereocenters. The third-order valence-electron chi connectivity index (χ3n) is 5.28. The van der Waals surface area contributed by atoms with Gasteiger partial charge < -0.3 is 9.47 Å². The van der Waals surface area contributed by atoms with E-state index in [9.17, 15) is 19.2 Å². The predicted molar refractivity (Wildman–Crippen MR) is 125 cm³/mol. The molecular weight excluding hydrogens is 485 g/mol. The van der Waals surface area contributed by atoms with Crippen molar-refractivity contribution in [3.8, 4) is 0 Å². The Hall–Kier alpha value is -3.04. The van der Waals surface area contributed by atoms with Crippen molar-refractivity contribution in [1.82, 2.24) is 0 Å². The van der Waals surface area contributed by atoms with Crippen LogP contribution in [0.15, 0.2) is 41.5 Å². The molecule has 0 atom stereocenters. The summed E-state index contributed by atoms with van der Waals surface area (Å²) in [5.74, 6) is -2.95. The summed E-state index contributed by atoms with van der Waals surface area (Å²) in [6.07, 6.45) is 1.50. The smallest absolute Gasteiger partial charge is 0.334 e. The number of nitrogens with zero attached hydrogens (tertiary/aromatic N) is 1. The van der Waals surface area contributed by atoms with Crippen LogP contribution in [0.2, 0.25) is 5.02 Å². The number of carbonyl (C=O) groups excluding carboxylic acids is 4. The number of methoxy groups -OCH3 is 1. The number of ether oxygens (including phenoxy) is 2. The van der Waals surface area contributed by atoms with Crippen molar-refractivity contribution >= 4 is 52.4 Å². The maximum absolute atomic E-state index is 15.2. The normalized spacial score (nSPS) is 13.4. The van der Waals surface area contributed by atoms with E-state index in [1.807, 2.05) is 0 Å². The fourth-order valence-electron chi connectivity index (χ4n) is 3.65. The molecule has 10 heteroatoms. The third kappa shape index (κ3) is 5.37. The van der Waals surface area contributed by atoms with Crippen LogP contribution in [-0.2, 0) is 30.3 Å². The zero-order valence-corrected chi connectivity index (χ0v) is 20.3. The minimum atomic E-state index is -0.907. The van der Waals surface area contributed by atoms with Gasteiger partial charge in [-0.15, -0.1) is 11.3 Å². The molecule has 1 aliphatic carbocycles. The number of benzene rings is 1. The van der Waals surface area contributed by atoms with Crippen LogP contribution in [0.5, 0.6) is 0 Å². The van der Waals surface area contributed by atoms with Crippen molar-refractivity contribution < 1.29 is 33.0 Å². The number of hydrogen-bond acceptors (Lipinski definition) is 7. The number of anilines is 1. The van der Waals surface area contributed by atoms with Gasteiger partial charge in [0.1, 0.15) is 5.69 Å². The van der Waals surface area contributed by atoms with E-state index in [1.54, 1.807) is 25.1 Å². The van der Waals surface area contributed by atoms with Gasteiger partial charge in [0.15, 0.2) is 0 Å². The van der Waals surface area contributed by atoms with E-state index in [-0.39, 0.29) is 46.1 Å². The fraction of sp³-hybridized carbons (Fsp3) is 0.333. The zero-order valence-electron chi connectivity index (χ0n) is 18.7. The summed E-state index contributed by atoms with van der Waals surface area (Å²) in [5.41, 5.74) is -0.0671. The highest BCUT2D eigenvalue weighted by molar-refractivity contribution is 7.11. The van der Waals surface area contributed by atoms with E-state index < -0.39 is 34.6 Å². The number of hydrogen-bond donors (Lipinski definition) is 0. The van der Waals surface area contributed by atoms with Crippen LogP contribution in [0.1, 0.15) is 47.8 Å². The summed E-state index contributed by atoms with van der Waals surface area (Å²) < 4.78 is 24.9. The Bertz CT molecular complexity index is 1140. The number of esters is 2. The second kappa shape index (κ2) is 11.4. The van der Waals surface area contributed by atoms with Gasteiger partial charge in [-0.05, 0) is 44.7 Å². The van der Waals surface area contributed by atoms with E-state index in [1.165, 1.54) is 19.2 Å². The van der Waals surface area contributed by atoms with Crippen molar-refractivity contribution in [3.05, 3.63) is 62.1 Å². The van der Waals surface area contributed by atoms with Gasteiger partial charge in [0.05, 0.1) is 25.2 Å². The molecule has 0 radical (unpaired) electrons. The first kappa shape index (κ1) is 25.6. The number of thiophene rings is 1. The van der Waals surface area contributed by atoms with Crippen LogP contribution in [0.3, 0.4) is 0 Å². The average molecular weight is 508 g/mol. The Kier molecular flexibility index (Phi) is 8.57. The van der Waals surface area contributed by atoms with Gasteiger partial charge in [0.25, 0.3) is 11.8 Å². The second-order valence-electron chi connectivity index (χ2n) is 7.41. The molecule has 180 valence electrons. The lowest BCUT2D eigenvalue weighted by molar-refractivity contribution is -0.140. The van der Waals surface area contributed by atoms with Crippen molar-refractivity contribution in [2.45, 2.75) is 39.0 Å². The summed E-state index contributed by atoms with van der Waals surface area (Å²) in [4.78, 5) is 52.3. The molecule has 7 nitrogen and oxygen atoms in total. The molecule has 0 spiro atoms. The Morgan fingerprint density at radius 2 is 1.71 bits per heavy atom. The van der Waals surface area contributed by atoms with Gasteiger partial charge in [-0.1, -0.05) is 29.8 Å². The molecule has 2 aromatic rings. The van der Waals surface area contributed by atoms with Crippen LogP contribution in [0.25, 0.3) is 0 Å². The van der Waals surface area contributed by atoms with Crippen LogP contribution in [0.4, 0.5) is 10.1 Å². The zero-order chi connectivity index (χ0) is 24.8. The van der Waals surface area contributed by atoms with Gasteiger partial charge in [0, 0.05) is 21.6 Å². The van der Waals surface area contributed by atoms with Gasteiger partial charge in [-0.3, -0.25) is 14.4 Å². The van der Waals surface area contributed by atoms with Crippen LogP contribution in [-0.4, -0.2) is 37.5 Å². The molecule has 0 saturated heterocycles. The first-order valence-corrected chi connectivity index (χ1v) is 11.9. The number of imide groups is 1. The maximum Gasteiger partial charge on any atom is 0.334 e. The second-order valence-corrected chi connectivity index (χ2v) is 8.84. The Labute approximate surface area is 205 Å². The molecule has 2 amide bonds. The SMILES string of the molecule is CCOC(=O)C1=C(C(=O)N(C(=O)c2ccccc2)c2c(F)sc(CC(=O)OC)c2Cl)CCCC1. The number of halogens is 2. The fourth-order valence-corrected chi connectivity index (χ4v) is 4.94. The Balaban J connectivity index is 2.16. The quantitative estimate of drug-likeness (QED) is 0.392. The summed E-state index contributed by atoms with van der Waals surface area (Å²) >= 11 is 6.95. The van der Waals surface area contributed by atoms with Crippen molar-refractivity contribution in [2.24, 2.45) is 0 Å². The van der Waals surface area contributed by atoms with Crippen molar-refractivity contribution in [2.75, 3.05) is 18.6 Å². The third-order valence-corrected chi connectivity index (χ3v) is 6.77. The standard InChI is InChI=1S/C24H23ClFNO6S/c1-3-33-24(31)16-12-8-7-11-15(16)23(30)27(22(29)14-9-5-4-6-10-14)20-19(25)17(34-21(20)26)13-18(28)32-2/h4-6,9-10H,3,7-8,11-13H2,1-2H3. The highest BCUT2D eigenvalue weighted by Crippen LogP contribution is 2.41. The van der Waals surface area contributed by atoms with Gasteiger partial charge in [0.2, 0.25) is 5.13 Å². The van der Waals surface area contributed by atoms with E-state index in [2.05, 4.69) is 4.74 Å². The predicted octanol–water partition coefficient (Wildman–Crippen LogP) is 4.86. The first-order valence-electron chi connectivity index (χ1n) is 10.7. The largest absolute Gasteiger partial charge is 0.469 e. The van der Waals surface area contributed by atoms with Crippen molar-refractivity contribution in [1.29, 1.82) is 0 Å². The van der Waals surface area contributed by atoms with Crippen LogP contribution >= 0.6 is 22.9 Å². The average Bonchev–Trinajstić information content (AvgIpc) is 3.12. The lowest BCUT2D eigenvalue weighted by atomic mass is 9.90. The monoisotopic (exact) mass is 507 g/mol. The Morgan fingerprint density at radius 1 is 1.06 bits per heavy atom. The highest BCUT2D eigenvalue weighted by Gasteiger charge is 2.37. The number of rotatable bonds is 7. The molecule has 1 aromatic heterocycles. The lowest BCUT2D eigenvalue weighted by Gasteiger charge is -2.25.